The molecule has 2 aliphatic carbocycles. The van der Waals surface area contributed by atoms with E-state index in [9.17, 15) is 9.59 Å². The molecule has 6 atom stereocenters. The third kappa shape index (κ3) is 3.56. The molecule has 1 saturated heterocycles. The SMILES string of the molecule is C=C1C(=O)O[C@@H]2C[C@]3(C)C(CCC(C)OC(=O)Cc4cccc5ccccc45)[C@@H]3C[C@H]12. The van der Waals surface area contributed by atoms with Crippen molar-refractivity contribution in [2.45, 2.75) is 58.2 Å². The first-order valence-corrected chi connectivity index (χ1v) is 11.4. The maximum absolute atomic E-state index is 12.6. The summed E-state index contributed by atoms with van der Waals surface area (Å²) < 4.78 is 11.3. The molecule has 1 aliphatic heterocycles. The molecule has 31 heavy (non-hydrogen) atoms. The predicted octanol–water partition coefficient (Wildman–Crippen LogP) is 5.24. The number of esters is 2. The minimum absolute atomic E-state index is 0.0159. The van der Waals surface area contributed by atoms with Crippen LogP contribution in [0.5, 0.6) is 0 Å². The second-order valence-electron chi connectivity index (χ2n) is 9.93. The van der Waals surface area contributed by atoms with Crippen molar-refractivity contribution in [3.63, 3.8) is 0 Å². The van der Waals surface area contributed by atoms with Crippen molar-refractivity contribution in [1.29, 1.82) is 0 Å². The molecule has 0 aromatic heterocycles. The molecule has 2 aromatic rings. The molecule has 2 saturated carbocycles. The van der Waals surface area contributed by atoms with E-state index in [0.717, 1.165) is 42.0 Å². The van der Waals surface area contributed by atoms with Crippen LogP contribution >= 0.6 is 0 Å². The molecule has 5 rings (SSSR count). The van der Waals surface area contributed by atoms with Crippen LogP contribution in [0.15, 0.2) is 54.6 Å². The van der Waals surface area contributed by atoms with Gasteiger partial charge in [0, 0.05) is 11.5 Å². The fourth-order valence-corrected chi connectivity index (χ4v) is 6.23. The lowest BCUT2D eigenvalue weighted by Crippen LogP contribution is -2.26. The van der Waals surface area contributed by atoms with E-state index in [2.05, 4.69) is 31.7 Å². The molecule has 3 aliphatic rings. The molecule has 0 N–H and O–H groups in total. The van der Waals surface area contributed by atoms with E-state index in [1.54, 1.807) is 0 Å². The molecule has 1 heterocycles. The topological polar surface area (TPSA) is 52.6 Å². The molecular formula is C27H30O4. The van der Waals surface area contributed by atoms with Crippen molar-refractivity contribution in [1.82, 2.24) is 0 Å². The van der Waals surface area contributed by atoms with Crippen LogP contribution in [0.25, 0.3) is 10.8 Å². The van der Waals surface area contributed by atoms with Gasteiger partial charge in [-0.2, -0.15) is 0 Å². The Bertz CT molecular complexity index is 1050. The van der Waals surface area contributed by atoms with E-state index < -0.39 is 0 Å². The Kier molecular flexibility index (Phi) is 4.91. The van der Waals surface area contributed by atoms with Gasteiger partial charge in [0.25, 0.3) is 0 Å². The Labute approximate surface area is 183 Å². The lowest BCUT2D eigenvalue weighted by atomic mass is 9.79. The van der Waals surface area contributed by atoms with E-state index in [1.165, 1.54) is 0 Å². The van der Waals surface area contributed by atoms with E-state index >= 15 is 0 Å². The number of fused-ring (bicyclic) bond motifs is 3. The van der Waals surface area contributed by atoms with Crippen molar-refractivity contribution in [2.24, 2.45) is 23.2 Å². The highest BCUT2D eigenvalue weighted by Gasteiger charge is 2.66. The standard InChI is InChI=1S/C27H30O4/c1-16(30-25(28)13-19-9-6-8-18-7-4-5-10-20(18)19)11-12-22-23-14-21-17(2)26(29)31-24(21)15-27(22,23)3/h4-10,16,21-24H,2,11-15H2,1,3H3/t16?,21-,22?,23+,24-,27-/m1/s1. The first-order valence-electron chi connectivity index (χ1n) is 11.4. The summed E-state index contributed by atoms with van der Waals surface area (Å²) in [4.78, 5) is 24.4. The molecule has 162 valence electrons. The van der Waals surface area contributed by atoms with Gasteiger partial charge in [-0.15, -0.1) is 0 Å². The van der Waals surface area contributed by atoms with Crippen LogP contribution in [0.1, 0.15) is 45.1 Å². The molecule has 0 amide bonds. The third-order valence-electron chi connectivity index (χ3n) is 8.07. The fraction of sp³-hybridized carbons (Fsp3) is 0.481. The first kappa shape index (κ1) is 20.3. The van der Waals surface area contributed by atoms with Crippen LogP contribution in [0.2, 0.25) is 0 Å². The van der Waals surface area contributed by atoms with Gasteiger partial charge in [0.2, 0.25) is 0 Å². The smallest absolute Gasteiger partial charge is 0.334 e. The predicted molar refractivity (Wildman–Crippen MR) is 119 cm³/mol. The second-order valence-corrected chi connectivity index (χ2v) is 9.93. The molecule has 2 unspecified atom stereocenters. The van der Waals surface area contributed by atoms with Crippen LogP contribution in [-0.2, 0) is 25.5 Å². The maximum atomic E-state index is 12.6. The average Bonchev–Trinajstić information content (AvgIpc) is 3.22. The zero-order chi connectivity index (χ0) is 21.8. The quantitative estimate of drug-likeness (QED) is 0.476. The highest BCUT2D eigenvalue weighted by Crippen LogP contribution is 2.70. The summed E-state index contributed by atoms with van der Waals surface area (Å²) in [7, 11) is 0. The van der Waals surface area contributed by atoms with Crippen LogP contribution in [0, 0.1) is 23.2 Å². The number of hydrogen-bond acceptors (Lipinski definition) is 4. The summed E-state index contributed by atoms with van der Waals surface area (Å²) in [5, 5.41) is 2.25. The summed E-state index contributed by atoms with van der Waals surface area (Å²) in [6.45, 7) is 8.27. The van der Waals surface area contributed by atoms with E-state index in [4.69, 9.17) is 9.47 Å². The lowest BCUT2D eigenvalue weighted by molar-refractivity contribution is -0.147. The molecule has 0 spiro atoms. The van der Waals surface area contributed by atoms with Crippen LogP contribution < -0.4 is 0 Å². The van der Waals surface area contributed by atoms with E-state index in [1.807, 2.05) is 31.2 Å². The van der Waals surface area contributed by atoms with E-state index in [0.29, 0.717) is 23.8 Å². The Morgan fingerprint density at radius 2 is 2.03 bits per heavy atom. The summed E-state index contributed by atoms with van der Waals surface area (Å²) in [6, 6.07) is 14.2. The largest absolute Gasteiger partial charge is 0.462 e. The number of ether oxygens (including phenoxy) is 2. The first-order chi connectivity index (χ1) is 14.9. The van der Waals surface area contributed by atoms with Gasteiger partial charge in [-0.25, -0.2) is 4.79 Å². The van der Waals surface area contributed by atoms with Gasteiger partial charge in [-0.1, -0.05) is 56.0 Å². The second kappa shape index (κ2) is 7.51. The van der Waals surface area contributed by atoms with Gasteiger partial charge < -0.3 is 9.47 Å². The third-order valence-corrected chi connectivity index (χ3v) is 8.07. The zero-order valence-electron chi connectivity index (χ0n) is 18.3. The normalized spacial score (nSPS) is 32.2. The summed E-state index contributed by atoms with van der Waals surface area (Å²) in [6.07, 6.45) is 4.08. The fourth-order valence-electron chi connectivity index (χ4n) is 6.23. The molecule has 4 nitrogen and oxygen atoms in total. The highest BCUT2D eigenvalue weighted by molar-refractivity contribution is 5.91. The van der Waals surface area contributed by atoms with Crippen LogP contribution in [-0.4, -0.2) is 24.1 Å². The van der Waals surface area contributed by atoms with Crippen molar-refractivity contribution >= 4 is 22.7 Å². The molecule has 0 bridgehead atoms. The van der Waals surface area contributed by atoms with Crippen molar-refractivity contribution in [3.8, 4) is 0 Å². The average molecular weight is 419 g/mol. The van der Waals surface area contributed by atoms with Gasteiger partial charge in [-0.05, 0) is 66.2 Å². The number of benzene rings is 2. The lowest BCUT2D eigenvalue weighted by Gasteiger charge is -2.27. The number of rotatable bonds is 6. The van der Waals surface area contributed by atoms with Gasteiger partial charge in [0.1, 0.15) is 6.10 Å². The Balaban J connectivity index is 1.13. The minimum atomic E-state index is -0.205. The Morgan fingerprint density at radius 1 is 1.26 bits per heavy atom. The van der Waals surface area contributed by atoms with Crippen LogP contribution in [0.4, 0.5) is 0 Å². The highest BCUT2D eigenvalue weighted by atomic mass is 16.6. The summed E-state index contributed by atoms with van der Waals surface area (Å²) in [5.74, 6) is 1.07. The van der Waals surface area contributed by atoms with E-state index in [-0.39, 0.29) is 35.5 Å². The molecule has 4 heteroatoms. The maximum Gasteiger partial charge on any atom is 0.334 e. The van der Waals surface area contributed by atoms with Gasteiger partial charge in [0.15, 0.2) is 0 Å². The monoisotopic (exact) mass is 418 g/mol. The zero-order valence-corrected chi connectivity index (χ0v) is 18.3. The van der Waals surface area contributed by atoms with Gasteiger partial charge in [-0.3, -0.25) is 4.79 Å². The summed E-state index contributed by atoms with van der Waals surface area (Å²) >= 11 is 0. The van der Waals surface area contributed by atoms with Crippen LogP contribution in [0.3, 0.4) is 0 Å². The number of carbonyl (C=O) groups is 2. The molecule has 3 fully saturated rings. The van der Waals surface area contributed by atoms with Crippen molar-refractivity contribution < 1.29 is 19.1 Å². The number of hydrogen-bond donors (Lipinski definition) is 0. The van der Waals surface area contributed by atoms with Gasteiger partial charge in [0.05, 0.1) is 12.5 Å². The van der Waals surface area contributed by atoms with Crippen molar-refractivity contribution in [3.05, 3.63) is 60.2 Å². The van der Waals surface area contributed by atoms with Gasteiger partial charge >= 0.3 is 11.9 Å². The molecular weight excluding hydrogens is 388 g/mol. The summed E-state index contributed by atoms with van der Waals surface area (Å²) in [5.41, 5.74) is 1.92. The molecule has 0 radical (unpaired) electrons. The molecule has 2 aromatic carbocycles. The Hall–Kier alpha value is -2.62. The Morgan fingerprint density at radius 3 is 2.87 bits per heavy atom. The van der Waals surface area contributed by atoms with Crippen molar-refractivity contribution in [2.75, 3.05) is 0 Å². The minimum Gasteiger partial charge on any atom is -0.462 e. The number of carbonyl (C=O) groups excluding carboxylic acids is 2.